The summed E-state index contributed by atoms with van der Waals surface area (Å²) in [6, 6.07) is 2.32. The van der Waals surface area contributed by atoms with Crippen LogP contribution in [0.1, 0.15) is 26.3 Å². The Bertz CT molecular complexity index is 462. The van der Waals surface area contributed by atoms with Gasteiger partial charge >= 0.3 is 6.09 Å². The maximum absolute atomic E-state index is 11.8. The molecule has 1 aromatic rings. The molecule has 0 radical (unpaired) electrons. The van der Waals surface area contributed by atoms with E-state index >= 15 is 0 Å². The van der Waals surface area contributed by atoms with Gasteiger partial charge in [0.05, 0.1) is 11.7 Å². The first-order chi connectivity index (χ1) is 8.83. The highest BCUT2D eigenvalue weighted by Crippen LogP contribution is 2.18. The molecule has 19 heavy (non-hydrogen) atoms. The Labute approximate surface area is 114 Å². The summed E-state index contributed by atoms with van der Waals surface area (Å²) in [6.45, 7) is 8.97. The average Bonchev–Trinajstić information content (AvgIpc) is 2.20. The van der Waals surface area contributed by atoms with Gasteiger partial charge in [0.15, 0.2) is 0 Å². The summed E-state index contributed by atoms with van der Waals surface area (Å²) >= 11 is 0. The van der Waals surface area contributed by atoms with Gasteiger partial charge in [-0.2, -0.15) is 0 Å². The van der Waals surface area contributed by atoms with Crippen molar-refractivity contribution in [2.75, 3.05) is 18.4 Å². The third-order valence-corrected chi connectivity index (χ3v) is 2.78. The Hall–Kier alpha value is -1.78. The van der Waals surface area contributed by atoms with Crippen LogP contribution in [0.25, 0.3) is 0 Å². The van der Waals surface area contributed by atoms with Crippen LogP contribution >= 0.6 is 0 Å². The fourth-order valence-electron chi connectivity index (χ4n) is 1.92. The van der Waals surface area contributed by atoms with Crippen molar-refractivity contribution in [1.29, 1.82) is 0 Å². The van der Waals surface area contributed by atoms with Crippen molar-refractivity contribution in [1.82, 2.24) is 9.88 Å². The molecular formula is C14H21N3O2. The van der Waals surface area contributed by atoms with Crippen molar-refractivity contribution in [2.24, 2.45) is 0 Å². The summed E-state index contributed by atoms with van der Waals surface area (Å²) < 4.78 is 5.31. The molecule has 5 nitrogen and oxygen atoms in total. The maximum Gasteiger partial charge on any atom is 0.410 e. The minimum Gasteiger partial charge on any atom is -0.444 e. The van der Waals surface area contributed by atoms with Crippen LogP contribution in [0.5, 0.6) is 0 Å². The number of hydrogen-bond acceptors (Lipinski definition) is 4. The molecule has 0 bridgehead atoms. The predicted molar refractivity (Wildman–Crippen MR) is 74.2 cm³/mol. The smallest absolute Gasteiger partial charge is 0.410 e. The molecule has 1 aliphatic rings. The van der Waals surface area contributed by atoms with Crippen LogP contribution in [0, 0.1) is 6.92 Å². The molecule has 5 heteroatoms. The topological polar surface area (TPSA) is 54.5 Å². The molecule has 2 rings (SSSR count). The lowest BCUT2D eigenvalue weighted by molar-refractivity contribution is 0.0105. The van der Waals surface area contributed by atoms with E-state index in [0.29, 0.717) is 13.1 Å². The minimum absolute atomic E-state index is 0.243. The molecule has 0 unspecified atom stereocenters. The normalized spacial score (nSPS) is 15.9. The number of amides is 1. The van der Waals surface area contributed by atoms with Gasteiger partial charge in [0.1, 0.15) is 5.60 Å². The lowest BCUT2D eigenvalue weighted by Gasteiger charge is -2.40. The summed E-state index contributed by atoms with van der Waals surface area (Å²) in [7, 11) is 0. The molecule has 0 aromatic carbocycles. The van der Waals surface area contributed by atoms with Crippen LogP contribution in [0.15, 0.2) is 18.5 Å². The quantitative estimate of drug-likeness (QED) is 0.890. The number of rotatable bonds is 2. The SMILES string of the molecule is Cc1cncc(NC2CN(C(=O)OC(C)(C)C)C2)c1. The second-order valence-corrected chi connectivity index (χ2v) is 5.98. The number of pyridine rings is 1. The Morgan fingerprint density at radius 2 is 2.11 bits per heavy atom. The molecule has 1 N–H and O–H groups in total. The van der Waals surface area contributed by atoms with Crippen LogP contribution in [0.3, 0.4) is 0 Å². The number of carbonyl (C=O) groups excluding carboxylic acids is 1. The van der Waals surface area contributed by atoms with Crippen molar-refractivity contribution in [2.45, 2.75) is 39.3 Å². The number of likely N-dealkylation sites (tertiary alicyclic amines) is 1. The van der Waals surface area contributed by atoms with Crippen molar-refractivity contribution in [3.05, 3.63) is 24.0 Å². The van der Waals surface area contributed by atoms with Crippen LogP contribution in [0.2, 0.25) is 0 Å². The summed E-state index contributed by atoms with van der Waals surface area (Å²) in [4.78, 5) is 17.6. The number of nitrogens with one attached hydrogen (secondary N) is 1. The second kappa shape index (κ2) is 5.07. The van der Waals surface area contributed by atoms with Gasteiger partial charge in [-0.25, -0.2) is 4.79 Å². The van der Waals surface area contributed by atoms with Crippen LogP contribution in [-0.2, 0) is 4.74 Å². The van der Waals surface area contributed by atoms with Crippen LogP contribution in [0.4, 0.5) is 10.5 Å². The summed E-state index contributed by atoms with van der Waals surface area (Å²) in [5.41, 5.74) is 1.68. The summed E-state index contributed by atoms with van der Waals surface area (Å²) in [5.74, 6) is 0. The van der Waals surface area contributed by atoms with Crippen molar-refractivity contribution in [3.8, 4) is 0 Å². The molecule has 0 saturated carbocycles. The first-order valence-electron chi connectivity index (χ1n) is 6.49. The summed E-state index contributed by atoms with van der Waals surface area (Å²) in [5, 5.41) is 3.35. The van der Waals surface area contributed by atoms with Crippen molar-refractivity contribution < 1.29 is 9.53 Å². The molecule has 0 spiro atoms. The molecular weight excluding hydrogens is 242 g/mol. The number of aryl methyl sites for hydroxylation is 1. The lowest BCUT2D eigenvalue weighted by atomic mass is 10.1. The Kier molecular flexibility index (Phi) is 3.64. The Balaban J connectivity index is 1.79. The highest BCUT2D eigenvalue weighted by atomic mass is 16.6. The number of anilines is 1. The van der Waals surface area contributed by atoms with E-state index in [-0.39, 0.29) is 12.1 Å². The van der Waals surface area contributed by atoms with Gasteiger partial charge in [-0.3, -0.25) is 4.98 Å². The van der Waals surface area contributed by atoms with E-state index in [1.54, 1.807) is 11.1 Å². The van der Waals surface area contributed by atoms with E-state index in [2.05, 4.69) is 10.3 Å². The van der Waals surface area contributed by atoms with Gasteiger partial charge in [0.25, 0.3) is 0 Å². The zero-order chi connectivity index (χ0) is 14.0. The zero-order valence-electron chi connectivity index (χ0n) is 11.9. The Morgan fingerprint density at radius 3 is 2.68 bits per heavy atom. The molecule has 1 aromatic heterocycles. The average molecular weight is 263 g/mol. The standard InChI is InChI=1S/C14H21N3O2/c1-10-5-11(7-15-6-10)16-12-8-17(9-12)13(18)19-14(2,3)4/h5-7,12,16H,8-9H2,1-4H3. The van der Waals surface area contributed by atoms with E-state index in [1.165, 1.54) is 0 Å². The van der Waals surface area contributed by atoms with Gasteiger partial charge < -0.3 is 15.0 Å². The van der Waals surface area contributed by atoms with Crippen LogP contribution in [-0.4, -0.2) is 40.7 Å². The summed E-state index contributed by atoms with van der Waals surface area (Å²) in [6.07, 6.45) is 3.37. The molecule has 1 amide bonds. The first kappa shape index (κ1) is 13.6. The maximum atomic E-state index is 11.8. The molecule has 2 heterocycles. The zero-order valence-corrected chi connectivity index (χ0v) is 11.9. The van der Waals surface area contributed by atoms with Gasteiger partial charge in [-0.1, -0.05) is 0 Å². The minimum atomic E-state index is -0.434. The highest BCUT2D eigenvalue weighted by Gasteiger charge is 2.33. The molecule has 0 aliphatic carbocycles. The highest BCUT2D eigenvalue weighted by molar-refractivity contribution is 5.69. The number of aromatic nitrogens is 1. The van der Waals surface area contributed by atoms with E-state index in [1.807, 2.05) is 40.0 Å². The van der Waals surface area contributed by atoms with E-state index < -0.39 is 5.60 Å². The fraction of sp³-hybridized carbons (Fsp3) is 0.571. The van der Waals surface area contributed by atoms with Gasteiger partial charge in [-0.05, 0) is 39.3 Å². The number of nitrogens with zero attached hydrogens (tertiary/aromatic N) is 2. The van der Waals surface area contributed by atoms with E-state index in [4.69, 9.17) is 4.74 Å². The number of hydrogen-bond donors (Lipinski definition) is 1. The molecule has 1 aliphatic heterocycles. The van der Waals surface area contributed by atoms with Crippen molar-refractivity contribution in [3.63, 3.8) is 0 Å². The first-order valence-corrected chi connectivity index (χ1v) is 6.49. The van der Waals surface area contributed by atoms with E-state index in [9.17, 15) is 4.79 Å². The lowest BCUT2D eigenvalue weighted by Crippen LogP contribution is -2.57. The third kappa shape index (κ3) is 3.84. The fourth-order valence-corrected chi connectivity index (χ4v) is 1.92. The predicted octanol–water partition coefficient (Wildman–Crippen LogP) is 2.42. The van der Waals surface area contributed by atoms with Gasteiger partial charge in [0.2, 0.25) is 0 Å². The third-order valence-electron chi connectivity index (χ3n) is 2.78. The monoisotopic (exact) mass is 263 g/mol. The molecule has 104 valence electrons. The largest absolute Gasteiger partial charge is 0.444 e. The van der Waals surface area contributed by atoms with Crippen LogP contribution < -0.4 is 5.32 Å². The second-order valence-electron chi connectivity index (χ2n) is 5.98. The van der Waals surface area contributed by atoms with Gasteiger partial charge in [-0.15, -0.1) is 0 Å². The van der Waals surface area contributed by atoms with Gasteiger partial charge in [0, 0.05) is 25.5 Å². The molecule has 1 fully saturated rings. The molecule has 0 atom stereocenters. The van der Waals surface area contributed by atoms with Crippen molar-refractivity contribution >= 4 is 11.8 Å². The number of ether oxygens (including phenoxy) is 1. The molecule has 1 saturated heterocycles. The number of carbonyl (C=O) groups is 1. The van der Waals surface area contributed by atoms with E-state index in [0.717, 1.165) is 11.3 Å². The Morgan fingerprint density at radius 1 is 1.42 bits per heavy atom.